The van der Waals surface area contributed by atoms with Gasteiger partial charge >= 0.3 is 0 Å². The lowest BCUT2D eigenvalue weighted by Crippen LogP contribution is -2.13. The van der Waals surface area contributed by atoms with Crippen molar-refractivity contribution in [2.45, 2.75) is 0 Å². The first-order valence-electron chi connectivity index (χ1n) is 6.04. The molecule has 2 aromatic rings. The molecule has 1 heterocycles. The zero-order valence-corrected chi connectivity index (χ0v) is 10.9. The number of aromatic hydroxyl groups is 1. The second-order valence-corrected chi connectivity index (χ2v) is 4.08. The summed E-state index contributed by atoms with van der Waals surface area (Å²) in [4.78, 5) is 15.8. The molecule has 0 bridgehead atoms. The third-order valence-corrected chi connectivity index (χ3v) is 2.54. The average molecular weight is 285 g/mol. The van der Waals surface area contributed by atoms with E-state index in [9.17, 15) is 14.3 Å². The Hall–Kier alpha value is -2.91. The lowest BCUT2D eigenvalue weighted by molar-refractivity contribution is 0.102. The van der Waals surface area contributed by atoms with Gasteiger partial charge in [-0.05, 0) is 24.3 Å². The van der Waals surface area contributed by atoms with Crippen molar-refractivity contribution < 1.29 is 14.3 Å². The van der Waals surface area contributed by atoms with Gasteiger partial charge in [-0.25, -0.2) is 4.39 Å². The van der Waals surface area contributed by atoms with E-state index in [1.165, 1.54) is 36.7 Å². The molecule has 0 aliphatic heterocycles. The van der Waals surface area contributed by atoms with Gasteiger partial charge in [-0.1, -0.05) is 11.8 Å². The molecule has 0 aliphatic carbocycles. The molecule has 1 amide bonds. The summed E-state index contributed by atoms with van der Waals surface area (Å²) >= 11 is 0. The van der Waals surface area contributed by atoms with Crippen LogP contribution in [0.1, 0.15) is 15.9 Å². The maximum absolute atomic E-state index is 13.2. The average Bonchev–Trinajstić information content (AvgIpc) is 2.47. The van der Waals surface area contributed by atoms with Crippen molar-refractivity contribution in [1.82, 2.24) is 4.98 Å². The summed E-state index contributed by atoms with van der Waals surface area (Å²) < 4.78 is 13.2. The third-order valence-electron chi connectivity index (χ3n) is 2.54. The van der Waals surface area contributed by atoms with E-state index in [-0.39, 0.29) is 17.9 Å². The summed E-state index contributed by atoms with van der Waals surface area (Å²) in [5.41, 5.74) is 6.13. The lowest BCUT2D eigenvalue weighted by Gasteiger charge is -2.07. The Kier molecular flexibility index (Phi) is 4.49. The summed E-state index contributed by atoms with van der Waals surface area (Å²) in [5.74, 6) is 4.22. The van der Waals surface area contributed by atoms with Gasteiger partial charge in [-0.2, -0.15) is 0 Å². The van der Waals surface area contributed by atoms with Gasteiger partial charge in [0, 0.05) is 6.20 Å². The second kappa shape index (κ2) is 6.50. The maximum atomic E-state index is 13.2. The molecule has 1 aromatic carbocycles. The van der Waals surface area contributed by atoms with Crippen molar-refractivity contribution in [3.8, 4) is 17.6 Å². The number of pyridine rings is 1. The number of aromatic nitrogens is 1. The van der Waals surface area contributed by atoms with Gasteiger partial charge in [0.15, 0.2) is 0 Å². The molecule has 4 N–H and O–H groups in total. The molecule has 1 aromatic heterocycles. The molecule has 6 heteroatoms. The van der Waals surface area contributed by atoms with Gasteiger partial charge < -0.3 is 16.2 Å². The highest BCUT2D eigenvalue weighted by atomic mass is 19.1. The Bertz CT molecular complexity index is 735. The summed E-state index contributed by atoms with van der Waals surface area (Å²) in [6.45, 7) is 0.125. The fourth-order valence-corrected chi connectivity index (χ4v) is 1.62. The number of carbonyl (C=O) groups excluding carboxylic acids is 1. The first-order valence-corrected chi connectivity index (χ1v) is 6.04. The molecular weight excluding hydrogens is 273 g/mol. The minimum absolute atomic E-state index is 0.120. The van der Waals surface area contributed by atoms with Gasteiger partial charge in [0.05, 0.1) is 29.6 Å². The Morgan fingerprint density at radius 2 is 2.19 bits per heavy atom. The van der Waals surface area contributed by atoms with Crippen molar-refractivity contribution in [2.75, 3.05) is 11.9 Å². The van der Waals surface area contributed by atoms with Crippen LogP contribution >= 0.6 is 0 Å². The molecule has 5 nitrogen and oxygen atoms in total. The Labute approximate surface area is 120 Å². The molecular formula is C15H12FN3O2. The number of carbonyl (C=O) groups is 1. The second-order valence-electron chi connectivity index (χ2n) is 4.08. The highest BCUT2D eigenvalue weighted by Gasteiger charge is 2.10. The van der Waals surface area contributed by atoms with Crippen LogP contribution in [0.5, 0.6) is 5.75 Å². The molecule has 0 atom stereocenters. The number of hydrogen-bond donors (Lipinski definition) is 3. The third kappa shape index (κ3) is 3.78. The van der Waals surface area contributed by atoms with Gasteiger partial charge in [0.1, 0.15) is 11.6 Å². The number of rotatable bonds is 2. The van der Waals surface area contributed by atoms with E-state index in [0.717, 1.165) is 0 Å². The van der Waals surface area contributed by atoms with E-state index >= 15 is 0 Å². The zero-order valence-electron chi connectivity index (χ0n) is 10.9. The Balaban J connectivity index is 2.29. The fraction of sp³-hybridized carbons (Fsp3) is 0.0667. The normalized spacial score (nSPS) is 9.62. The van der Waals surface area contributed by atoms with Gasteiger partial charge in [0.2, 0.25) is 0 Å². The monoisotopic (exact) mass is 285 g/mol. The quantitative estimate of drug-likeness (QED) is 0.729. The molecule has 0 radical (unpaired) electrons. The van der Waals surface area contributed by atoms with Crippen LogP contribution in [-0.2, 0) is 0 Å². The van der Waals surface area contributed by atoms with E-state index in [1.807, 2.05) is 0 Å². The van der Waals surface area contributed by atoms with Crippen molar-refractivity contribution in [1.29, 1.82) is 0 Å². The summed E-state index contributed by atoms with van der Waals surface area (Å²) in [6.07, 6.45) is 2.52. The highest BCUT2D eigenvalue weighted by molar-refractivity contribution is 6.04. The molecule has 0 unspecified atom stereocenters. The van der Waals surface area contributed by atoms with E-state index in [2.05, 4.69) is 22.1 Å². The van der Waals surface area contributed by atoms with E-state index < -0.39 is 11.7 Å². The number of benzene rings is 1. The van der Waals surface area contributed by atoms with Crippen molar-refractivity contribution >= 4 is 11.6 Å². The van der Waals surface area contributed by atoms with Crippen LogP contribution in [0.4, 0.5) is 10.1 Å². The fourth-order valence-electron chi connectivity index (χ4n) is 1.62. The van der Waals surface area contributed by atoms with Crippen LogP contribution in [0.25, 0.3) is 0 Å². The van der Waals surface area contributed by atoms with Crippen LogP contribution in [0, 0.1) is 17.7 Å². The van der Waals surface area contributed by atoms with Crippen LogP contribution in [0.3, 0.4) is 0 Å². The highest BCUT2D eigenvalue weighted by Crippen LogP contribution is 2.18. The summed E-state index contributed by atoms with van der Waals surface area (Å²) in [6, 6.07) is 5.10. The number of anilines is 1. The van der Waals surface area contributed by atoms with Crippen molar-refractivity contribution in [2.24, 2.45) is 5.73 Å². The van der Waals surface area contributed by atoms with Gasteiger partial charge in [-0.3, -0.25) is 9.78 Å². The minimum Gasteiger partial charge on any atom is -0.506 e. The molecule has 0 saturated carbocycles. The zero-order chi connectivity index (χ0) is 15.2. The number of nitrogens with zero attached hydrogens (tertiary/aromatic N) is 1. The smallest absolute Gasteiger partial charge is 0.257 e. The number of amides is 1. The lowest BCUT2D eigenvalue weighted by atomic mass is 10.1. The number of nitrogens with one attached hydrogen (secondary N) is 1. The Morgan fingerprint density at radius 1 is 1.38 bits per heavy atom. The minimum atomic E-state index is -0.485. The molecule has 2 rings (SSSR count). The van der Waals surface area contributed by atoms with E-state index in [4.69, 9.17) is 5.73 Å². The van der Waals surface area contributed by atoms with E-state index in [1.54, 1.807) is 0 Å². The summed E-state index contributed by atoms with van der Waals surface area (Å²) in [7, 11) is 0. The van der Waals surface area contributed by atoms with Gasteiger partial charge in [0.25, 0.3) is 5.91 Å². The summed E-state index contributed by atoms with van der Waals surface area (Å²) in [5, 5.41) is 11.9. The first kappa shape index (κ1) is 14.5. The first-order chi connectivity index (χ1) is 10.1. The molecule has 0 saturated heterocycles. The SMILES string of the molecule is NCC#Cc1cc(F)ccc1NC(=O)c1cncc(O)c1. The van der Waals surface area contributed by atoms with Crippen LogP contribution in [-0.4, -0.2) is 22.5 Å². The number of hydrogen-bond acceptors (Lipinski definition) is 4. The molecule has 0 spiro atoms. The standard InChI is InChI=1S/C15H12FN3O2/c16-12-3-4-14(10(6-12)2-1-5-17)19-15(21)11-7-13(20)9-18-8-11/h3-4,6-9,20H,5,17H2,(H,19,21). The number of nitrogens with two attached hydrogens (primary N) is 1. The topological polar surface area (TPSA) is 88.2 Å². The van der Waals surface area contributed by atoms with E-state index in [0.29, 0.717) is 11.3 Å². The predicted molar refractivity (Wildman–Crippen MR) is 76.2 cm³/mol. The molecule has 106 valence electrons. The predicted octanol–water partition coefficient (Wildman–Crippen LogP) is 1.49. The van der Waals surface area contributed by atoms with Crippen LogP contribution in [0.2, 0.25) is 0 Å². The number of halogens is 1. The van der Waals surface area contributed by atoms with Crippen molar-refractivity contribution in [3.63, 3.8) is 0 Å². The van der Waals surface area contributed by atoms with Crippen LogP contribution in [0.15, 0.2) is 36.7 Å². The van der Waals surface area contributed by atoms with Crippen LogP contribution < -0.4 is 11.1 Å². The maximum Gasteiger partial charge on any atom is 0.257 e. The molecule has 0 aliphatic rings. The largest absolute Gasteiger partial charge is 0.506 e. The molecule has 0 fully saturated rings. The van der Waals surface area contributed by atoms with Gasteiger partial charge in [-0.15, -0.1) is 0 Å². The Morgan fingerprint density at radius 3 is 2.90 bits per heavy atom. The van der Waals surface area contributed by atoms with Crippen molar-refractivity contribution in [3.05, 3.63) is 53.6 Å². The molecule has 21 heavy (non-hydrogen) atoms.